The number of likely N-dealkylation sites (N-methyl/N-ethyl adjacent to an activating group) is 1. The normalized spacial score (nSPS) is 12.5. The summed E-state index contributed by atoms with van der Waals surface area (Å²) in [4.78, 5) is 12.1. The van der Waals surface area contributed by atoms with Gasteiger partial charge in [0.25, 0.3) is 0 Å². The molecular formula is C8H10ClNOS. The van der Waals surface area contributed by atoms with Crippen molar-refractivity contribution in [2.45, 2.75) is 12.3 Å². The summed E-state index contributed by atoms with van der Waals surface area (Å²) >= 11 is 7.37. The number of halogens is 1. The molecule has 1 unspecified atom stereocenters. The molecule has 0 bridgehead atoms. The lowest BCUT2D eigenvalue weighted by molar-refractivity contribution is -0.120. The van der Waals surface area contributed by atoms with E-state index < -0.39 is 5.38 Å². The van der Waals surface area contributed by atoms with Gasteiger partial charge in [-0.15, -0.1) is 22.9 Å². The Labute approximate surface area is 80.5 Å². The number of hydrogen-bond donors (Lipinski definition) is 1. The second kappa shape index (κ2) is 4.48. The van der Waals surface area contributed by atoms with Crippen LogP contribution in [0.4, 0.5) is 0 Å². The summed E-state index contributed by atoms with van der Waals surface area (Å²) in [6, 6.07) is 3.74. The minimum atomic E-state index is -0.537. The second-order valence-electron chi connectivity index (χ2n) is 2.27. The van der Waals surface area contributed by atoms with Crippen molar-refractivity contribution in [1.29, 1.82) is 0 Å². The van der Waals surface area contributed by atoms with Crippen molar-refractivity contribution < 1.29 is 4.79 Å². The second-order valence-corrected chi connectivity index (χ2v) is 3.69. The minimum Gasteiger partial charge on any atom is -0.355 e. The smallest absolute Gasteiger partial charge is 0.243 e. The zero-order valence-corrected chi connectivity index (χ0v) is 8.28. The SMILES string of the molecule is CCNC(=O)C(Cl)c1cccs1. The van der Waals surface area contributed by atoms with E-state index in [4.69, 9.17) is 11.6 Å². The van der Waals surface area contributed by atoms with Crippen LogP contribution in [0.1, 0.15) is 17.2 Å². The molecule has 0 saturated carbocycles. The highest BCUT2D eigenvalue weighted by atomic mass is 35.5. The minimum absolute atomic E-state index is 0.124. The number of amides is 1. The van der Waals surface area contributed by atoms with Gasteiger partial charge >= 0.3 is 0 Å². The maximum atomic E-state index is 11.2. The molecule has 4 heteroatoms. The van der Waals surface area contributed by atoms with Crippen molar-refractivity contribution in [3.05, 3.63) is 22.4 Å². The van der Waals surface area contributed by atoms with Gasteiger partial charge in [-0.3, -0.25) is 4.79 Å². The van der Waals surface area contributed by atoms with Gasteiger partial charge in [0, 0.05) is 11.4 Å². The average Bonchev–Trinajstić information content (AvgIpc) is 2.55. The lowest BCUT2D eigenvalue weighted by Crippen LogP contribution is -2.25. The molecule has 2 nitrogen and oxygen atoms in total. The van der Waals surface area contributed by atoms with Crippen LogP contribution < -0.4 is 5.32 Å². The fourth-order valence-corrected chi connectivity index (χ4v) is 1.83. The molecule has 1 atom stereocenters. The van der Waals surface area contributed by atoms with E-state index in [9.17, 15) is 4.79 Å². The topological polar surface area (TPSA) is 29.1 Å². The first-order chi connectivity index (χ1) is 5.75. The fourth-order valence-electron chi connectivity index (χ4n) is 0.829. The van der Waals surface area contributed by atoms with Crippen molar-refractivity contribution >= 4 is 28.8 Å². The van der Waals surface area contributed by atoms with Crippen LogP contribution in [0.3, 0.4) is 0 Å². The summed E-state index contributed by atoms with van der Waals surface area (Å²) in [6.45, 7) is 2.49. The summed E-state index contributed by atoms with van der Waals surface area (Å²) in [6.07, 6.45) is 0. The molecule has 0 aliphatic carbocycles. The number of carbonyl (C=O) groups excluding carboxylic acids is 1. The van der Waals surface area contributed by atoms with Crippen molar-refractivity contribution in [1.82, 2.24) is 5.32 Å². The Morgan fingerprint density at radius 1 is 1.83 bits per heavy atom. The Bertz CT molecular complexity index is 248. The van der Waals surface area contributed by atoms with Crippen LogP contribution in [0.15, 0.2) is 17.5 Å². The van der Waals surface area contributed by atoms with Gasteiger partial charge in [-0.2, -0.15) is 0 Å². The first-order valence-corrected chi connectivity index (χ1v) is 5.02. The molecular weight excluding hydrogens is 194 g/mol. The Hall–Kier alpha value is -0.540. The molecule has 0 spiro atoms. The van der Waals surface area contributed by atoms with Crippen LogP contribution in [0.2, 0.25) is 0 Å². The Morgan fingerprint density at radius 3 is 3.08 bits per heavy atom. The molecule has 1 heterocycles. The highest BCUT2D eigenvalue weighted by Crippen LogP contribution is 2.24. The number of alkyl halides is 1. The maximum absolute atomic E-state index is 11.2. The van der Waals surface area contributed by atoms with Gasteiger partial charge in [-0.1, -0.05) is 6.07 Å². The molecule has 0 aromatic carbocycles. The van der Waals surface area contributed by atoms with Crippen LogP contribution in [0.25, 0.3) is 0 Å². The predicted octanol–water partition coefficient (Wildman–Crippen LogP) is 2.16. The van der Waals surface area contributed by atoms with Gasteiger partial charge < -0.3 is 5.32 Å². The van der Waals surface area contributed by atoms with Gasteiger partial charge in [0.05, 0.1) is 0 Å². The number of hydrogen-bond acceptors (Lipinski definition) is 2. The third-order valence-corrected chi connectivity index (χ3v) is 2.87. The molecule has 1 aromatic rings. The van der Waals surface area contributed by atoms with E-state index in [0.717, 1.165) is 4.88 Å². The van der Waals surface area contributed by atoms with E-state index in [1.165, 1.54) is 11.3 Å². The molecule has 1 rings (SSSR count). The molecule has 1 aromatic heterocycles. The molecule has 0 radical (unpaired) electrons. The zero-order valence-electron chi connectivity index (χ0n) is 6.71. The molecule has 1 amide bonds. The monoisotopic (exact) mass is 203 g/mol. The third-order valence-electron chi connectivity index (χ3n) is 1.37. The van der Waals surface area contributed by atoms with Gasteiger partial charge in [-0.05, 0) is 18.4 Å². The molecule has 0 aliphatic rings. The molecule has 1 N–H and O–H groups in total. The number of nitrogens with one attached hydrogen (secondary N) is 1. The van der Waals surface area contributed by atoms with E-state index in [1.54, 1.807) is 0 Å². The lowest BCUT2D eigenvalue weighted by atomic mass is 10.3. The van der Waals surface area contributed by atoms with E-state index in [2.05, 4.69) is 5.32 Å². The van der Waals surface area contributed by atoms with E-state index in [-0.39, 0.29) is 5.91 Å². The van der Waals surface area contributed by atoms with Crippen LogP contribution in [0, 0.1) is 0 Å². The third kappa shape index (κ3) is 2.22. The van der Waals surface area contributed by atoms with Crippen LogP contribution >= 0.6 is 22.9 Å². The Balaban J connectivity index is 2.59. The largest absolute Gasteiger partial charge is 0.355 e. The predicted molar refractivity (Wildman–Crippen MR) is 51.6 cm³/mol. The fraction of sp³-hybridized carbons (Fsp3) is 0.375. The standard InChI is InChI=1S/C8H10ClNOS/c1-2-10-8(11)7(9)6-4-3-5-12-6/h3-5,7H,2H2,1H3,(H,10,11). The van der Waals surface area contributed by atoms with Gasteiger partial charge in [0.1, 0.15) is 5.38 Å². The maximum Gasteiger partial charge on any atom is 0.243 e. The van der Waals surface area contributed by atoms with Crippen molar-refractivity contribution in [2.75, 3.05) is 6.54 Å². The van der Waals surface area contributed by atoms with E-state index in [0.29, 0.717) is 6.54 Å². The highest BCUT2D eigenvalue weighted by molar-refractivity contribution is 7.10. The summed E-state index contributed by atoms with van der Waals surface area (Å²) in [5.41, 5.74) is 0. The van der Waals surface area contributed by atoms with Crippen LogP contribution in [0.5, 0.6) is 0 Å². The summed E-state index contributed by atoms with van der Waals surface area (Å²) in [5, 5.41) is 4.04. The van der Waals surface area contributed by atoms with Crippen LogP contribution in [-0.2, 0) is 4.79 Å². The molecule has 0 aliphatic heterocycles. The summed E-state index contributed by atoms with van der Waals surface area (Å²) in [5.74, 6) is -0.124. The molecule has 0 fully saturated rings. The summed E-state index contributed by atoms with van der Waals surface area (Å²) in [7, 11) is 0. The number of rotatable bonds is 3. The molecule has 0 saturated heterocycles. The van der Waals surface area contributed by atoms with Gasteiger partial charge in [-0.25, -0.2) is 0 Å². The van der Waals surface area contributed by atoms with Crippen LogP contribution in [-0.4, -0.2) is 12.5 Å². The Kier molecular flexibility index (Phi) is 3.56. The van der Waals surface area contributed by atoms with Gasteiger partial charge in [0.15, 0.2) is 0 Å². The molecule has 66 valence electrons. The first-order valence-electron chi connectivity index (χ1n) is 3.71. The quantitative estimate of drug-likeness (QED) is 0.750. The molecule has 12 heavy (non-hydrogen) atoms. The van der Waals surface area contributed by atoms with Crippen molar-refractivity contribution in [3.8, 4) is 0 Å². The number of carbonyl (C=O) groups is 1. The lowest BCUT2D eigenvalue weighted by Gasteiger charge is -2.05. The average molecular weight is 204 g/mol. The number of thiophene rings is 1. The highest BCUT2D eigenvalue weighted by Gasteiger charge is 2.16. The van der Waals surface area contributed by atoms with E-state index >= 15 is 0 Å². The van der Waals surface area contributed by atoms with Crippen molar-refractivity contribution in [2.24, 2.45) is 0 Å². The zero-order chi connectivity index (χ0) is 8.97. The van der Waals surface area contributed by atoms with E-state index in [1.807, 2.05) is 24.4 Å². The Morgan fingerprint density at radius 2 is 2.58 bits per heavy atom. The van der Waals surface area contributed by atoms with Gasteiger partial charge in [0.2, 0.25) is 5.91 Å². The van der Waals surface area contributed by atoms with Crippen molar-refractivity contribution in [3.63, 3.8) is 0 Å². The summed E-state index contributed by atoms with van der Waals surface area (Å²) < 4.78 is 0. The first kappa shape index (κ1) is 9.55.